The number of aliphatic imine (C=N–C) groups is 1. The molecule has 0 aromatic heterocycles. The topological polar surface area (TPSA) is 66.0 Å². The predicted molar refractivity (Wildman–Crippen MR) is 112 cm³/mol. The molecule has 2 aromatic rings. The zero-order chi connectivity index (χ0) is 20.6. The summed E-state index contributed by atoms with van der Waals surface area (Å²) in [5.41, 5.74) is 1.66. The fraction of sp³-hybridized carbons (Fsp3) is 0.364. The summed E-state index contributed by atoms with van der Waals surface area (Å²) >= 11 is 0. The van der Waals surface area contributed by atoms with Crippen LogP contribution in [0.3, 0.4) is 0 Å². The van der Waals surface area contributed by atoms with E-state index in [-0.39, 0.29) is 30.5 Å². The van der Waals surface area contributed by atoms with E-state index in [0.29, 0.717) is 25.6 Å². The molecule has 0 spiro atoms. The number of guanidine groups is 1. The summed E-state index contributed by atoms with van der Waals surface area (Å²) < 4.78 is 19.3. The summed E-state index contributed by atoms with van der Waals surface area (Å²) in [6.45, 7) is 5.91. The Labute approximate surface area is 170 Å². The number of carbonyl (C=O) groups excluding carboxylic acids is 1. The molecule has 1 heterocycles. The van der Waals surface area contributed by atoms with Gasteiger partial charge in [0.25, 0.3) is 0 Å². The average molecular weight is 398 g/mol. The Hall–Kier alpha value is -2.93. The van der Waals surface area contributed by atoms with E-state index in [0.717, 1.165) is 11.3 Å². The van der Waals surface area contributed by atoms with Gasteiger partial charge in [-0.25, -0.2) is 9.38 Å². The molecule has 1 amide bonds. The standard InChI is InChI=1S/C22H27FN4O2/c1-3-24-22(25-13-21(28)26-19-7-5-4-6-8-19)27-14-16(2)29-20(15-27)17-9-11-18(23)12-10-17/h4-12,16,20H,3,13-15H2,1-2H3,(H,24,25)(H,26,28). The monoisotopic (exact) mass is 398 g/mol. The van der Waals surface area contributed by atoms with Gasteiger partial charge in [-0.15, -0.1) is 0 Å². The lowest BCUT2D eigenvalue weighted by Gasteiger charge is -2.38. The first-order valence-corrected chi connectivity index (χ1v) is 9.84. The lowest BCUT2D eigenvalue weighted by atomic mass is 10.1. The van der Waals surface area contributed by atoms with Gasteiger partial charge in [0.15, 0.2) is 5.96 Å². The minimum Gasteiger partial charge on any atom is -0.367 e. The van der Waals surface area contributed by atoms with Gasteiger partial charge in [0.2, 0.25) is 5.91 Å². The van der Waals surface area contributed by atoms with Crippen LogP contribution in [0, 0.1) is 5.82 Å². The maximum absolute atomic E-state index is 13.2. The Bertz CT molecular complexity index is 826. The molecule has 1 aliphatic rings. The maximum Gasteiger partial charge on any atom is 0.246 e. The van der Waals surface area contributed by atoms with Gasteiger partial charge >= 0.3 is 0 Å². The van der Waals surface area contributed by atoms with Crippen molar-refractivity contribution in [1.29, 1.82) is 0 Å². The zero-order valence-electron chi connectivity index (χ0n) is 16.8. The van der Waals surface area contributed by atoms with Crippen molar-refractivity contribution in [2.24, 2.45) is 4.99 Å². The van der Waals surface area contributed by atoms with Gasteiger partial charge in [0, 0.05) is 18.8 Å². The van der Waals surface area contributed by atoms with Gasteiger partial charge in [0.1, 0.15) is 18.5 Å². The first-order chi connectivity index (χ1) is 14.0. The molecular formula is C22H27FN4O2. The molecule has 2 aromatic carbocycles. The van der Waals surface area contributed by atoms with E-state index in [9.17, 15) is 9.18 Å². The van der Waals surface area contributed by atoms with Crippen LogP contribution in [0.25, 0.3) is 0 Å². The van der Waals surface area contributed by atoms with Crippen molar-refractivity contribution in [2.75, 3.05) is 31.5 Å². The Morgan fingerprint density at radius 2 is 1.90 bits per heavy atom. The van der Waals surface area contributed by atoms with E-state index in [2.05, 4.69) is 20.5 Å². The largest absolute Gasteiger partial charge is 0.367 e. The third-order valence-electron chi connectivity index (χ3n) is 4.57. The normalized spacial score (nSPS) is 19.7. The summed E-state index contributed by atoms with van der Waals surface area (Å²) in [7, 11) is 0. The summed E-state index contributed by atoms with van der Waals surface area (Å²) in [4.78, 5) is 18.9. The smallest absolute Gasteiger partial charge is 0.246 e. The summed E-state index contributed by atoms with van der Waals surface area (Å²) in [5, 5.41) is 6.09. The van der Waals surface area contributed by atoms with Crippen molar-refractivity contribution in [2.45, 2.75) is 26.1 Å². The molecule has 1 aliphatic heterocycles. The number of nitrogens with zero attached hydrogens (tertiary/aromatic N) is 2. The van der Waals surface area contributed by atoms with E-state index in [1.807, 2.05) is 44.2 Å². The van der Waals surface area contributed by atoms with Gasteiger partial charge in [-0.2, -0.15) is 0 Å². The lowest BCUT2D eigenvalue weighted by Crippen LogP contribution is -2.51. The number of nitrogens with one attached hydrogen (secondary N) is 2. The van der Waals surface area contributed by atoms with Crippen molar-refractivity contribution < 1.29 is 13.9 Å². The summed E-state index contributed by atoms with van der Waals surface area (Å²) in [6.07, 6.45) is -0.220. The molecule has 3 rings (SSSR count). The molecule has 0 saturated carbocycles. The minimum atomic E-state index is -0.270. The van der Waals surface area contributed by atoms with Crippen LogP contribution >= 0.6 is 0 Å². The van der Waals surface area contributed by atoms with Crippen molar-refractivity contribution in [3.05, 3.63) is 66.0 Å². The molecule has 2 atom stereocenters. The van der Waals surface area contributed by atoms with E-state index in [4.69, 9.17) is 4.74 Å². The molecule has 0 radical (unpaired) electrons. The fourth-order valence-electron chi connectivity index (χ4n) is 3.28. The predicted octanol–water partition coefficient (Wildman–Crippen LogP) is 3.19. The number of para-hydroxylation sites is 1. The van der Waals surface area contributed by atoms with Crippen molar-refractivity contribution in [3.8, 4) is 0 Å². The van der Waals surface area contributed by atoms with Crippen LogP contribution in [-0.2, 0) is 9.53 Å². The highest BCUT2D eigenvalue weighted by atomic mass is 19.1. The molecule has 1 saturated heterocycles. The Kier molecular flexibility index (Phi) is 7.19. The highest BCUT2D eigenvalue weighted by molar-refractivity contribution is 5.94. The molecule has 1 fully saturated rings. The molecule has 6 nitrogen and oxygen atoms in total. The number of amides is 1. The van der Waals surface area contributed by atoms with Crippen LogP contribution in [0.15, 0.2) is 59.6 Å². The number of halogens is 1. The third kappa shape index (κ3) is 6.02. The zero-order valence-corrected chi connectivity index (χ0v) is 16.8. The lowest BCUT2D eigenvalue weighted by molar-refractivity contribution is -0.114. The van der Waals surface area contributed by atoms with Crippen LogP contribution in [0.5, 0.6) is 0 Å². The first-order valence-electron chi connectivity index (χ1n) is 9.84. The molecule has 7 heteroatoms. The number of benzene rings is 2. The number of ether oxygens (including phenoxy) is 1. The van der Waals surface area contributed by atoms with Gasteiger partial charge < -0.3 is 20.3 Å². The summed E-state index contributed by atoms with van der Waals surface area (Å²) in [5.74, 6) is 0.217. The Morgan fingerprint density at radius 3 is 2.59 bits per heavy atom. The molecule has 0 aliphatic carbocycles. The van der Waals surface area contributed by atoms with E-state index in [1.54, 1.807) is 12.1 Å². The van der Waals surface area contributed by atoms with E-state index >= 15 is 0 Å². The highest BCUT2D eigenvalue weighted by Crippen LogP contribution is 2.25. The number of morpholine rings is 1. The molecular weight excluding hydrogens is 371 g/mol. The van der Waals surface area contributed by atoms with Crippen LogP contribution in [0.4, 0.5) is 10.1 Å². The second-order valence-electron chi connectivity index (χ2n) is 6.98. The van der Waals surface area contributed by atoms with Gasteiger partial charge in [0.05, 0.1) is 12.6 Å². The third-order valence-corrected chi connectivity index (χ3v) is 4.57. The number of carbonyl (C=O) groups is 1. The Balaban J connectivity index is 1.68. The average Bonchev–Trinajstić information content (AvgIpc) is 2.72. The van der Waals surface area contributed by atoms with Crippen molar-refractivity contribution >= 4 is 17.6 Å². The van der Waals surface area contributed by atoms with Crippen LogP contribution in [0.1, 0.15) is 25.5 Å². The first kappa shape index (κ1) is 20.8. The molecule has 2 N–H and O–H groups in total. The van der Waals surface area contributed by atoms with Crippen LogP contribution in [0.2, 0.25) is 0 Å². The van der Waals surface area contributed by atoms with Crippen LogP contribution in [-0.4, -0.2) is 49.0 Å². The molecule has 0 bridgehead atoms. The number of rotatable bonds is 5. The molecule has 29 heavy (non-hydrogen) atoms. The Morgan fingerprint density at radius 1 is 1.17 bits per heavy atom. The number of hydrogen-bond acceptors (Lipinski definition) is 3. The van der Waals surface area contributed by atoms with E-state index < -0.39 is 0 Å². The number of anilines is 1. The van der Waals surface area contributed by atoms with Gasteiger partial charge in [-0.05, 0) is 43.7 Å². The molecule has 2 unspecified atom stereocenters. The SMILES string of the molecule is CCNC(=NCC(=O)Nc1ccccc1)N1CC(C)OC(c2ccc(F)cc2)C1. The van der Waals surface area contributed by atoms with Gasteiger partial charge in [-0.3, -0.25) is 4.79 Å². The second kappa shape index (κ2) is 10.0. The fourth-order valence-corrected chi connectivity index (χ4v) is 3.28. The summed E-state index contributed by atoms with van der Waals surface area (Å²) in [6, 6.07) is 15.7. The molecule has 154 valence electrons. The maximum atomic E-state index is 13.2. The van der Waals surface area contributed by atoms with Crippen molar-refractivity contribution in [3.63, 3.8) is 0 Å². The highest BCUT2D eigenvalue weighted by Gasteiger charge is 2.28. The minimum absolute atomic E-state index is 0.0180. The second-order valence-corrected chi connectivity index (χ2v) is 6.98. The quantitative estimate of drug-likeness (QED) is 0.600. The van der Waals surface area contributed by atoms with Gasteiger partial charge in [-0.1, -0.05) is 30.3 Å². The van der Waals surface area contributed by atoms with E-state index in [1.165, 1.54) is 12.1 Å². The number of hydrogen-bond donors (Lipinski definition) is 2. The van der Waals surface area contributed by atoms with Crippen molar-refractivity contribution in [1.82, 2.24) is 10.2 Å². The van der Waals surface area contributed by atoms with Crippen LogP contribution < -0.4 is 10.6 Å².